The number of thiophene rings is 1. The minimum absolute atomic E-state index is 0.0426. The Labute approximate surface area is 179 Å². The summed E-state index contributed by atoms with van der Waals surface area (Å²) in [6.07, 6.45) is 3.98. The first-order valence-corrected chi connectivity index (χ1v) is 11.1. The summed E-state index contributed by atoms with van der Waals surface area (Å²) in [7, 11) is 0. The van der Waals surface area contributed by atoms with Crippen LogP contribution in [-0.4, -0.2) is 18.5 Å². The van der Waals surface area contributed by atoms with Crippen LogP contribution >= 0.6 is 34.5 Å². The van der Waals surface area contributed by atoms with Crippen molar-refractivity contribution < 1.29 is 14.3 Å². The molecule has 0 saturated carbocycles. The molecule has 1 atom stereocenters. The number of hydrogen-bond acceptors (Lipinski definition) is 4. The zero-order valence-electron chi connectivity index (χ0n) is 15.9. The van der Waals surface area contributed by atoms with Gasteiger partial charge in [-0.2, -0.15) is 0 Å². The van der Waals surface area contributed by atoms with E-state index in [1.807, 2.05) is 0 Å². The third kappa shape index (κ3) is 4.53. The Kier molecular flexibility index (Phi) is 7.02. The number of benzene rings is 1. The third-order valence-corrected chi connectivity index (χ3v) is 6.95. The van der Waals surface area contributed by atoms with E-state index in [2.05, 4.69) is 12.2 Å². The number of anilines is 1. The van der Waals surface area contributed by atoms with Crippen LogP contribution in [0.4, 0.5) is 5.00 Å². The molecule has 2 aromatic rings. The predicted octanol–water partition coefficient (Wildman–Crippen LogP) is 5.93. The molecule has 0 aliphatic heterocycles. The fourth-order valence-electron chi connectivity index (χ4n) is 3.54. The second-order valence-electron chi connectivity index (χ2n) is 6.87. The molecule has 150 valence electrons. The summed E-state index contributed by atoms with van der Waals surface area (Å²) in [4.78, 5) is 26.4. The van der Waals surface area contributed by atoms with Crippen LogP contribution in [0.5, 0.6) is 0 Å². The van der Waals surface area contributed by atoms with Gasteiger partial charge in [0.05, 0.1) is 18.6 Å². The van der Waals surface area contributed by atoms with Gasteiger partial charge in [-0.15, -0.1) is 11.3 Å². The number of halogens is 2. The van der Waals surface area contributed by atoms with Gasteiger partial charge in [-0.3, -0.25) is 4.79 Å². The largest absolute Gasteiger partial charge is 0.462 e. The van der Waals surface area contributed by atoms with E-state index in [4.69, 9.17) is 27.9 Å². The van der Waals surface area contributed by atoms with Gasteiger partial charge in [-0.1, -0.05) is 42.6 Å². The standard InChI is InChI=1S/C21H23Cl2NO3S/c1-3-12-8-9-13-17(10-12)28-20(19(13)21(26)27-4-2)24-18(25)11-14-15(22)6-5-7-16(14)23/h5-7,12H,3-4,8-11H2,1-2H3,(H,24,25)/t12-/m0/s1. The maximum Gasteiger partial charge on any atom is 0.341 e. The van der Waals surface area contributed by atoms with E-state index >= 15 is 0 Å². The second kappa shape index (κ2) is 9.29. The fourth-order valence-corrected chi connectivity index (χ4v) is 5.44. The van der Waals surface area contributed by atoms with E-state index in [1.54, 1.807) is 25.1 Å². The van der Waals surface area contributed by atoms with Gasteiger partial charge in [0.25, 0.3) is 0 Å². The molecule has 1 heterocycles. The number of carbonyl (C=O) groups excluding carboxylic acids is 2. The van der Waals surface area contributed by atoms with E-state index in [1.165, 1.54) is 16.2 Å². The summed E-state index contributed by atoms with van der Waals surface area (Å²) in [5, 5.41) is 4.36. The maximum atomic E-state index is 12.7. The number of carbonyl (C=O) groups is 2. The molecule has 1 aliphatic rings. The number of fused-ring (bicyclic) bond motifs is 1. The molecule has 7 heteroatoms. The van der Waals surface area contributed by atoms with Crippen molar-refractivity contribution in [3.63, 3.8) is 0 Å². The lowest BCUT2D eigenvalue weighted by molar-refractivity contribution is -0.115. The van der Waals surface area contributed by atoms with Gasteiger partial charge in [0.1, 0.15) is 5.00 Å². The number of ether oxygens (including phenoxy) is 1. The highest BCUT2D eigenvalue weighted by molar-refractivity contribution is 7.17. The average molecular weight is 440 g/mol. The zero-order chi connectivity index (χ0) is 20.3. The summed E-state index contributed by atoms with van der Waals surface area (Å²) in [5.41, 5.74) is 2.11. The van der Waals surface area contributed by atoms with Crippen LogP contribution in [0.25, 0.3) is 0 Å². The van der Waals surface area contributed by atoms with Gasteiger partial charge in [0, 0.05) is 14.9 Å². The molecule has 1 N–H and O–H groups in total. The molecular formula is C21H23Cl2NO3S. The third-order valence-electron chi connectivity index (χ3n) is 5.08. The number of nitrogens with one attached hydrogen (secondary N) is 1. The minimum atomic E-state index is -0.374. The summed E-state index contributed by atoms with van der Waals surface area (Å²) >= 11 is 13.8. The van der Waals surface area contributed by atoms with Crippen molar-refractivity contribution >= 4 is 51.4 Å². The summed E-state index contributed by atoms with van der Waals surface area (Å²) in [6, 6.07) is 5.14. The van der Waals surface area contributed by atoms with E-state index in [0.29, 0.717) is 38.7 Å². The van der Waals surface area contributed by atoms with Crippen LogP contribution in [0, 0.1) is 5.92 Å². The van der Waals surface area contributed by atoms with Crippen molar-refractivity contribution in [3.05, 3.63) is 49.8 Å². The van der Waals surface area contributed by atoms with Crippen molar-refractivity contribution in [3.8, 4) is 0 Å². The van der Waals surface area contributed by atoms with Crippen LogP contribution in [0.1, 0.15) is 53.1 Å². The van der Waals surface area contributed by atoms with Crippen LogP contribution in [0.15, 0.2) is 18.2 Å². The molecule has 3 rings (SSSR count). The lowest BCUT2D eigenvalue weighted by Gasteiger charge is -2.20. The smallest absolute Gasteiger partial charge is 0.341 e. The molecule has 1 amide bonds. The predicted molar refractivity (Wildman–Crippen MR) is 115 cm³/mol. The topological polar surface area (TPSA) is 55.4 Å². The Morgan fingerprint density at radius 3 is 2.61 bits per heavy atom. The van der Waals surface area contributed by atoms with Crippen LogP contribution in [-0.2, 0) is 28.8 Å². The molecule has 0 bridgehead atoms. The van der Waals surface area contributed by atoms with Crippen molar-refractivity contribution in [2.24, 2.45) is 5.92 Å². The molecule has 0 saturated heterocycles. The van der Waals surface area contributed by atoms with Crippen molar-refractivity contribution in [1.82, 2.24) is 0 Å². The molecule has 1 aliphatic carbocycles. The average Bonchev–Trinajstić information content (AvgIpc) is 3.01. The highest BCUT2D eigenvalue weighted by atomic mass is 35.5. The van der Waals surface area contributed by atoms with Gasteiger partial charge in [-0.25, -0.2) is 4.79 Å². The van der Waals surface area contributed by atoms with E-state index < -0.39 is 0 Å². The molecule has 0 radical (unpaired) electrons. The highest BCUT2D eigenvalue weighted by Gasteiger charge is 2.30. The highest BCUT2D eigenvalue weighted by Crippen LogP contribution is 2.41. The first-order chi connectivity index (χ1) is 13.4. The Morgan fingerprint density at radius 2 is 1.96 bits per heavy atom. The van der Waals surface area contributed by atoms with E-state index in [9.17, 15) is 9.59 Å². The number of amides is 1. The zero-order valence-corrected chi connectivity index (χ0v) is 18.3. The molecule has 1 aromatic heterocycles. The first-order valence-electron chi connectivity index (χ1n) is 9.48. The monoisotopic (exact) mass is 439 g/mol. The maximum absolute atomic E-state index is 12.7. The summed E-state index contributed by atoms with van der Waals surface area (Å²) in [5.74, 6) is -0.0149. The molecular weight excluding hydrogens is 417 g/mol. The Morgan fingerprint density at radius 1 is 1.25 bits per heavy atom. The van der Waals surface area contributed by atoms with Gasteiger partial charge in [0.15, 0.2) is 0 Å². The number of rotatable bonds is 6. The SMILES string of the molecule is CCOC(=O)c1c(NC(=O)Cc2c(Cl)cccc2Cl)sc2c1CC[C@H](CC)C2. The quantitative estimate of drug-likeness (QED) is 0.567. The van der Waals surface area contributed by atoms with Crippen LogP contribution in [0.3, 0.4) is 0 Å². The lowest BCUT2D eigenvalue weighted by atomic mass is 9.85. The summed E-state index contributed by atoms with van der Waals surface area (Å²) < 4.78 is 5.26. The van der Waals surface area contributed by atoms with Gasteiger partial charge < -0.3 is 10.1 Å². The first kappa shape index (κ1) is 21.2. The summed E-state index contributed by atoms with van der Waals surface area (Å²) in [6.45, 7) is 4.26. The van der Waals surface area contributed by atoms with Gasteiger partial charge >= 0.3 is 5.97 Å². The Hall–Kier alpha value is -1.56. The molecule has 28 heavy (non-hydrogen) atoms. The minimum Gasteiger partial charge on any atom is -0.462 e. The molecule has 1 aromatic carbocycles. The molecule has 4 nitrogen and oxygen atoms in total. The number of esters is 1. The van der Waals surface area contributed by atoms with Crippen molar-refractivity contribution in [2.75, 3.05) is 11.9 Å². The van der Waals surface area contributed by atoms with Crippen molar-refractivity contribution in [1.29, 1.82) is 0 Å². The second-order valence-corrected chi connectivity index (χ2v) is 8.79. The molecule has 0 unspecified atom stereocenters. The van der Waals surface area contributed by atoms with Crippen molar-refractivity contribution in [2.45, 2.75) is 46.0 Å². The lowest BCUT2D eigenvalue weighted by Crippen LogP contribution is -2.18. The normalized spacial score (nSPS) is 15.8. The van der Waals surface area contributed by atoms with E-state index in [-0.39, 0.29) is 18.3 Å². The van der Waals surface area contributed by atoms with Crippen LogP contribution in [0.2, 0.25) is 10.0 Å². The fraction of sp³-hybridized carbons (Fsp3) is 0.429. The molecule has 0 fully saturated rings. The van der Waals surface area contributed by atoms with Crippen LogP contribution < -0.4 is 5.32 Å². The Balaban J connectivity index is 1.87. The van der Waals surface area contributed by atoms with Gasteiger partial charge in [-0.05, 0) is 55.4 Å². The number of hydrogen-bond donors (Lipinski definition) is 1. The van der Waals surface area contributed by atoms with E-state index in [0.717, 1.165) is 31.2 Å². The molecule has 0 spiro atoms. The van der Waals surface area contributed by atoms with Gasteiger partial charge in [0.2, 0.25) is 5.91 Å². The Bertz CT molecular complexity index is 874.